The summed E-state index contributed by atoms with van der Waals surface area (Å²) in [5.41, 5.74) is 3.83. The van der Waals surface area contributed by atoms with E-state index in [-0.39, 0.29) is 12.5 Å². The number of hydrogen-bond donors (Lipinski definition) is 2. The number of fused-ring (bicyclic) bond motifs is 1. The first-order chi connectivity index (χ1) is 7.15. The molecule has 0 amide bonds. The SMILES string of the molecule is Cc1ccc2c(c1)CC(CC(=O)O)NC2. The monoisotopic (exact) mass is 205 g/mol. The minimum absolute atomic E-state index is 0.0804. The molecule has 3 nitrogen and oxygen atoms in total. The van der Waals surface area contributed by atoms with Gasteiger partial charge in [-0.15, -0.1) is 0 Å². The Balaban J connectivity index is 2.14. The summed E-state index contributed by atoms with van der Waals surface area (Å²) in [6, 6.07) is 6.45. The summed E-state index contributed by atoms with van der Waals surface area (Å²) in [6.45, 7) is 2.85. The summed E-state index contributed by atoms with van der Waals surface area (Å²) in [6.07, 6.45) is 1.02. The van der Waals surface area contributed by atoms with E-state index < -0.39 is 5.97 Å². The zero-order valence-electron chi connectivity index (χ0n) is 8.79. The van der Waals surface area contributed by atoms with E-state index in [1.807, 2.05) is 0 Å². The van der Waals surface area contributed by atoms with Crippen molar-refractivity contribution in [1.82, 2.24) is 5.32 Å². The van der Waals surface area contributed by atoms with Crippen molar-refractivity contribution in [2.24, 2.45) is 0 Å². The lowest BCUT2D eigenvalue weighted by atomic mass is 9.93. The fourth-order valence-electron chi connectivity index (χ4n) is 2.06. The number of carboxylic acid groups (broad SMARTS) is 1. The molecular weight excluding hydrogens is 190 g/mol. The lowest BCUT2D eigenvalue weighted by molar-refractivity contribution is -0.137. The number of carbonyl (C=O) groups is 1. The molecule has 80 valence electrons. The Kier molecular flexibility index (Phi) is 2.73. The van der Waals surface area contributed by atoms with Gasteiger partial charge in [0, 0.05) is 12.6 Å². The molecule has 1 aromatic rings. The van der Waals surface area contributed by atoms with Crippen molar-refractivity contribution in [2.75, 3.05) is 0 Å². The molecule has 0 radical (unpaired) electrons. The normalized spacial score (nSPS) is 19.7. The van der Waals surface area contributed by atoms with Crippen LogP contribution in [0.2, 0.25) is 0 Å². The zero-order valence-corrected chi connectivity index (χ0v) is 8.79. The van der Waals surface area contributed by atoms with Gasteiger partial charge in [0.15, 0.2) is 0 Å². The fraction of sp³-hybridized carbons (Fsp3) is 0.417. The van der Waals surface area contributed by atoms with Crippen LogP contribution in [0.25, 0.3) is 0 Å². The van der Waals surface area contributed by atoms with E-state index in [2.05, 4.69) is 30.4 Å². The van der Waals surface area contributed by atoms with Crippen molar-refractivity contribution >= 4 is 5.97 Å². The smallest absolute Gasteiger partial charge is 0.304 e. The van der Waals surface area contributed by atoms with Gasteiger partial charge in [0.2, 0.25) is 0 Å². The van der Waals surface area contributed by atoms with Crippen LogP contribution < -0.4 is 5.32 Å². The first kappa shape index (κ1) is 10.2. The minimum atomic E-state index is -0.733. The molecule has 1 heterocycles. The molecule has 0 spiro atoms. The van der Waals surface area contributed by atoms with Crippen molar-refractivity contribution < 1.29 is 9.90 Å². The first-order valence-electron chi connectivity index (χ1n) is 5.19. The van der Waals surface area contributed by atoms with Crippen LogP contribution in [0.3, 0.4) is 0 Å². The van der Waals surface area contributed by atoms with Gasteiger partial charge in [0.25, 0.3) is 0 Å². The first-order valence-corrected chi connectivity index (χ1v) is 5.19. The molecule has 1 atom stereocenters. The molecule has 3 heteroatoms. The quantitative estimate of drug-likeness (QED) is 0.769. The molecular formula is C12H15NO2. The number of nitrogens with one attached hydrogen (secondary N) is 1. The molecule has 0 saturated heterocycles. The van der Waals surface area contributed by atoms with Crippen molar-refractivity contribution in [3.8, 4) is 0 Å². The second-order valence-corrected chi connectivity index (χ2v) is 4.15. The highest BCUT2D eigenvalue weighted by molar-refractivity contribution is 5.67. The van der Waals surface area contributed by atoms with E-state index in [0.717, 1.165) is 13.0 Å². The van der Waals surface area contributed by atoms with Gasteiger partial charge in [-0.3, -0.25) is 4.79 Å². The molecule has 1 aromatic carbocycles. The number of rotatable bonds is 2. The Morgan fingerprint density at radius 2 is 2.33 bits per heavy atom. The molecule has 0 bridgehead atoms. The molecule has 2 N–H and O–H groups in total. The van der Waals surface area contributed by atoms with Crippen molar-refractivity contribution in [3.63, 3.8) is 0 Å². The fourth-order valence-corrected chi connectivity index (χ4v) is 2.06. The highest BCUT2D eigenvalue weighted by atomic mass is 16.4. The summed E-state index contributed by atoms with van der Waals surface area (Å²) in [7, 11) is 0. The molecule has 2 rings (SSSR count). The van der Waals surface area contributed by atoms with Crippen molar-refractivity contribution in [3.05, 3.63) is 34.9 Å². The van der Waals surface area contributed by atoms with Crippen LogP contribution in [0.15, 0.2) is 18.2 Å². The summed E-state index contributed by atoms with van der Waals surface area (Å²) >= 11 is 0. The van der Waals surface area contributed by atoms with E-state index in [4.69, 9.17) is 5.11 Å². The van der Waals surface area contributed by atoms with Crippen LogP contribution in [0, 0.1) is 6.92 Å². The topological polar surface area (TPSA) is 49.3 Å². The maximum atomic E-state index is 10.6. The number of benzene rings is 1. The van der Waals surface area contributed by atoms with Crippen molar-refractivity contribution in [2.45, 2.75) is 32.4 Å². The van der Waals surface area contributed by atoms with Gasteiger partial charge in [0.1, 0.15) is 0 Å². The molecule has 0 aliphatic carbocycles. The summed E-state index contributed by atoms with van der Waals surface area (Å²) in [5.74, 6) is -0.733. The summed E-state index contributed by atoms with van der Waals surface area (Å²) in [4.78, 5) is 10.6. The van der Waals surface area contributed by atoms with Gasteiger partial charge in [-0.2, -0.15) is 0 Å². The van der Waals surface area contributed by atoms with Gasteiger partial charge >= 0.3 is 5.97 Å². The van der Waals surface area contributed by atoms with Crippen LogP contribution in [-0.4, -0.2) is 17.1 Å². The highest BCUT2D eigenvalue weighted by Gasteiger charge is 2.19. The Morgan fingerprint density at radius 3 is 3.07 bits per heavy atom. The molecule has 1 aliphatic rings. The third-order valence-corrected chi connectivity index (χ3v) is 2.83. The lowest BCUT2D eigenvalue weighted by Gasteiger charge is -2.25. The van der Waals surface area contributed by atoms with Crippen LogP contribution >= 0.6 is 0 Å². The van der Waals surface area contributed by atoms with Crippen LogP contribution in [0.4, 0.5) is 0 Å². The van der Waals surface area contributed by atoms with Gasteiger partial charge in [0.05, 0.1) is 6.42 Å². The number of carboxylic acids is 1. The maximum Gasteiger partial charge on any atom is 0.304 e. The average molecular weight is 205 g/mol. The predicted molar refractivity (Wildman–Crippen MR) is 57.8 cm³/mol. The van der Waals surface area contributed by atoms with Gasteiger partial charge < -0.3 is 10.4 Å². The van der Waals surface area contributed by atoms with Crippen LogP contribution in [0.1, 0.15) is 23.1 Å². The molecule has 0 aromatic heterocycles. The second kappa shape index (κ2) is 4.03. The number of hydrogen-bond acceptors (Lipinski definition) is 2. The second-order valence-electron chi connectivity index (χ2n) is 4.15. The average Bonchev–Trinajstić information content (AvgIpc) is 2.16. The van der Waals surface area contributed by atoms with E-state index in [1.165, 1.54) is 16.7 Å². The van der Waals surface area contributed by atoms with Crippen LogP contribution in [-0.2, 0) is 17.8 Å². The van der Waals surface area contributed by atoms with Gasteiger partial charge in [-0.05, 0) is 24.5 Å². The summed E-state index contributed by atoms with van der Waals surface area (Å²) in [5, 5.41) is 12.0. The third-order valence-electron chi connectivity index (χ3n) is 2.83. The maximum absolute atomic E-state index is 10.6. The highest BCUT2D eigenvalue weighted by Crippen LogP contribution is 2.19. The Morgan fingerprint density at radius 1 is 1.53 bits per heavy atom. The third kappa shape index (κ3) is 2.36. The van der Waals surface area contributed by atoms with Crippen molar-refractivity contribution in [1.29, 1.82) is 0 Å². The Hall–Kier alpha value is -1.35. The van der Waals surface area contributed by atoms with Crippen LogP contribution in [0.5, 0.6) is 0 Å². The van der Waals surface area contributed by atoms with E-state index in [0.29, 0.717) is 0 Å². The zero-order chi connectivity index (χ0) is 10.8. The minimum Gasteiger partial charge on any atom is -0.481 e. The lowest BCUT2D eigenvalue weighted by Crippen LogP contribution is -2.37. The number of aliphatic carboxylic acids is 1. The molecule has 1 unspecified atom stereocenters. The number of aryl methyl sites for hydroxylation is 1. The van der Waals surface area contributed by atoms with E-state index in [9.17, 15) is 4.79 Å². The van der Waals surface area contributed by atoms with Gasteiger partial charge in [-0.1, -0.05) is 23.8 Å². The Bertz CT molecular complexity index is 387. The predicted octanol–water partition coefficient (Wildman–Crippen LogP) is 1.48. The molecule has 1 aliphatic heterocycles. The summed E-state index contributed by atoms with van der Waals surface area (Å²) < 4.78 is 0. The van der Waals surface area contributed by atoms with Gasteiger partial charge in [-0.25, -0.2) is 0 Å². The van der Waals surface area contributed by atoms with E-state index >= 15 is 0 Å². The molecule has 0 fully saturated rings. The Labute approximate surface area is 89.1 Å². The molecule has 15 heavy (non-hydrogen) atoms. The van der Waals surface area contributed by atoms with E-state index in [1.54, 1.807) is 0 Å². The molecule has 0 saturated carbocycles. The largest absolute Gasteiger partial charge is 0.481 e. The standard InChI is InChI=1S/C12H15NO2/c1-8-2-3-9-7-13-11(6-12(14)15)5-10(9)4-8/h2-4,11,13H,5-7H2,1H3,(H,14,15).